The summed E-state index contributed by atoms with van der Waals surface area (Å²) in [6.45, 7) is 6.51. The zero-order chi connectivity index (χ0) is 26.7. The zero-order valence-corrected chi connectivity index (χ0v) is 23.5. The van der Waals surface area contributed by atoms with Crippen molar-refractivity contribution in [1.82, 2.24) is 4.72 Å². The van der Waals surface area contributed by atoms with Crippen molar-refractivity contribution in [2.24, 2.45) is 11.8 Å². The van der Waals surface area contributed by atoms with Crippen molar-refractivity contribution in [3.05, 3.63) is 70.3 Å². The molecule has 2 bridgehead atoms. The summed E-state index contributed by atoms with van der Waals surface area (Å²) < 4.78 is 33.9. The highest BCUT2D eigenvalue weighted by molar-refractivity contribution is 7.90. The average Bonchev–Trinajstić information content (AvgIpc) is 2.88. The number of anilines is 1. The normalized spacial score (nSPS) is 24.5. The summed E-state index contributed by atoms with van der Waals surface area (Å²) >= 11 is 6.29. The lowest BCUT2D eigenvalue weighted by Crippen LogP contribution is -2.40. The lowest BCUT2D eigenvalue weighted by Gasteiger charge is -2.42. The number of carbonyl (C=O) groups is 1. The number of hydrogen-bond donors (Lipinski definition) is 1. The molecule has 1 aliphatic carbocycles. The van der Waals surface area contributed by atoms with E-state index in [1.54, 1.807) is 18.2 Å². The molecular formula is C30H37ClN2O4S. The van der Waals surface area contributed by atoms with E-state index in [9.17, 15) is 13.2 Å². The third-order valence-electron chi connectivity index (χ3n) is 8.29. The molecule has 0 spiro atoms. The number of benzene rings is 2. The van der Waals surface area contributed by atoms with Gasteiger partial charge in [0.1, 0.15) is 12.4 Å². The molecule has 2 aromatic rings. The minimum atomic E-state index is -3.71. The largest absolute Gasteiger partial charge is 0.487 e. The van der Waals surface area contributed by atoms with Crippen LogP contribution in [0.25, 0.3) is 0 Å². The molecule has 2 aliphatic heterocycles. The number of amides is 1. The standard InChI is InChI=1S/C30H37ClN2O4S/c1-21-7-3-2-6-16-38(35,36)32-30(34)23-11-14-29-28(18-23)33(19-24-10-13-27(21)24)15-5-4-8-22-17-26(31)12-9-25(22)20-37-29/h9,11-12,14,17-18,24,27H,1-8,10,13,15-16,19-20H2,(H,32,34)/t24-,27-/m0/s1. The number of hydrogen-bond acceptors (Lipinski definition) is 5. The van der Waals surface area contributed by atoms with Crippen molar-refractivity contribution in [1.29, 1.82) is 0 Å². The molecule has 2 aromatic carbocycles. The number of halogens is 1. The number of aryl methyl sites for hydroxylation is 1. The van der Waals surface area contributed by atoms with Crippen LogP contribution < -0.4 is 14.4 Å². The lowest BCUT2D eigenvalue weighted by molar-refractivity contribution is 0.0981. The average molecular weight is 557 g/mol. The number of carbonyl (C=O) groups excluding carboxylic acids is 1. The maximum Gasteiger partial charge on any atom is 0.264 e. The van der Waals surface area contributed by atoms with Crippen molar-refractivity contribution >= 4 is 33.2 Å². The fraction of sp³-hybridized carbons (Fsp3) is 0.500. The first-order chi connectivity index (χ1) is 18.3. The Morgan fingerprint density at radius 2 is 1.82 bits per heavy atom. The third kappa shape index (κ3) is 6.37. The van der Waals surface area contributed by atoms with E-state index in [-0.39, 0.29) is 5.75 Å². The van der Waals surface area contributed by atoms with Crippen molar-refractivity contribution in [3.63, 3.8) is 0 Å². The predicted octanol–water partition coefficient (Wildman–Crippen LogP) is 6.28. The van der Waals surface area contributed by atoms with Gasteiger partial charge in [0.25, 0.3) is 5.91 Å². The van der Waals surface area contributed by atoms with Gasteiger partial charge < -0.3 is 9.64 Å². The van der Waals surface area contributed by atoms with E-state index in [1.165, 1.54) is 17.6 Å². The molecule has 1 fully saturated rings. The monoisotopic (exact) mass is 556 g/mol. The first-order valence-corrected chi connectivity index (χ1v) is 15.8. The Hall–Kier alpha value is -2.51. The maximum atomic E-state index is 13.0. The fourth-order valence-corrected chi connectivity index (χ4v) is 7.23. The van der Waals surface area contributed by atoms with Crippen molar-refractivity contribution < 1.29 is 17.9 Å². The molecular weight excluding hydrogens is 520 g/mol. The van der Waals surface area contributed by atoms with Crippen molar-refractivity contribution in [2.45, 2.75) is 64.4 Å². The second-order valence-electron chi connectivity index (χ2n) is 11.0. The Morgan fingerprint density at radius 1 is 0.974 bits per heavy atom. The van der Waals surface area contributed by atoms with Gasteiger partial charge in [-0.05, 0) is 105 Å². The highest BCUT2D eigenvalue weighted by Crippen LogP contribution is 2.43. The Bertz CT molecular complexity index is 1310. The van der Waals surface area contributed by atoms with Gasteiger partial charge in [-0.2, -0.15) is 0 Å². The van der Waals surface area contributed by atoms with Gasteiger partial charge >= 0.3 is 0 Å². The van der Waals surface area contributed by atoms with E-state index in [1.807, 2.05) is 18.2 Å². The quantitative estimate of drug-likeness (QED) is 0.387. The smallest absolute Gasteiger partial charge is 0.264 e. The predicted molar refractivity (Wildman–Crippen MR) is 152 cm³/mol. The number of allylic oxidation sites excluding steroid dienone is 1. The van der Waals surface area contributed by atoms with Gasteiger partial charge in [-0.15, -0.1) is 0 Å². The van der Waals surface area contributed by atoms with Crippen LogP contribution in [0.5, 0.6) is 5.75 Å². The molecule has 3 aliphatic rings. The summed E-state index contributed by atoms with van der Waals surface area (Å²) in [6, 6.07) is 11.2. The molecule has 0 saturated heterocycles. The van der Waals surface area contributed by atoms with Crippen LogP contribution in [0.3, 0.4) is 0 Å². The molecule has 8 heteroatoms. The molecule has 0 aromatic heterocycles. The molecule has 1 N–H and O–H groups in total. The van der Waals surface area contributed by atoms with E-state index in [2.05, 4.69) is 16.2 Å². The molecule has 204 valence electrons. The van der Waals surface area contributed by atoms with Crippen LogP contribution in [-0.4, -0.2) is 33.2 Å². The third-order valence-corrected chi connectivity index (χ3v) is 9.85. The van der Waals surface area contributed by atoms with Crippen LogP contribution in [0.15, 0.2) is 48.6 Å². The maximum absolute atomic E-state index is 13.0. The van der Waals surface area contributed by atoms with Crippen molar-refractivity contribution in [3.8, 4) is 5.75 Å². The molecule has 38 heavy (non-hydrogen) atoms. The lowest BCUT2D eigenvalue weighted by atomic mass is 9.68. The molecule has 2 heterocycles. The molecule has 1 amide bonds. The number of ether oxygens (including phenoxy) is 1. The highest BCUT2D eigenvalue weighted by Gasteiger charge is 2.34. The second kappa shape index (κ2) is 11.7. The zero-order valence-electron chi connectivity index (χ0n) is 21.9. The fourth-order valence-electron chi connectivity index (χ4n) is 5.95. The Balaban J connectivity index is 1.51. The van der Waals surface area contributed by atoms with Gasteiger partial charge in [0, 0.05) is 23.7 Å². The number of sulfonamides is 1. The van der Waals surface area contributed by atoms with Crippen LogP contribution >= 0.6 is 11.6 Å². The summed E-state index contributed by atoms with van der Waals surface area (Å²) in [5, 5.41) is 0.728. The van der Waals surface area contributed by atoms with E-state index in [4.69, 9.17) is 16.3 Å². The van der Waals surface area contributed by atoms with Crippen LogP contribution in [0.4, 0.5) is 5.69 Å². The Morgan fingerprint density at radius 3 is 2.63 bits per heavy atom. The van der Waals surface area contributed by atoms with Gasteiger partial charge in [0.2, 0.25) is 10.0 Å². The molecule has 1 saturated carbocycles. The molecule has 0 radical (unpaired) electrons. The number of fused-ring (bicyclic) bond motifs is 3. The van der Waals surface area contributed by atoms with E-state index >= 15 is 0 Å². The number of rotatable bonds is 0. The van der Waals surface area contributed by atoms with E-state index in [0.29, 0.717) is 36.2 Å². The minimum absolute atomic E-state index is 0.0547. The molecule has 0 unspecified atom stereocenters. The van der Waals surface area contributed by atoms with E-state index < -0.39 is 15.9 Å². The first-order valence-electron chi connectivity index (χ1n) is 13.8. The summed E-state index contributed by atoms with van der Waals surface area (Å²) in [5.41, 5.74) is 4.77. The summed E-state index contributed by atoms with van der Waals surface area (Å²) in [6.07, 6.45) is 8.44. The Labute approximate surface area is 231 Å². The van der Waals surface area contributed by atoms with Gasteiger partial charge in [-0.3, -0.25) is 4.79 Å². The number of nitrogens with zero attached hydrogens (tertiary/aromatic N) is 1. The first kappa shape index (κ1) is 27.1. The summed E-state index contributed by atoms with van der Waals surface area (Å²) in [7, 11) is -3.71. The van der Waals surface area contributed by atoms with Crippen LogP contribution in [0, 0.1) is 11.8 Å². The van der Waals surface area contributed by atoms with Gasteiger partial charge in [0.15, 0.2) is 0 Å². The minimum Gasteiger partial charge on any atom is -0.487 e. The van der Waals surface area contributed by atoms with Gasteiger partial charge in [0.05, 0.1) is 11.4 Å². The van der Waals surface area contributed by atoms with Gasteiger partial charge in [-0.1, -0.05) is 36.2 Å². The summed E-state index contributed by atoms with van der Waals surface area (Å²) in [4.78, 5) is 15.4. The van der Waals surface area contributed by atoms with Crippen LogP contribution in [0.1, 0.15) is 72.9 Å². The number of nitrogens with one attached hydrogen (secondary N) is 1. The van der Waals surface area contributed by atoms with Crippen LogP contribution in [0.2, 0.25) is 5.02 Å². The summed E-state index contributed by atoms with van der Waals surface area (Å²) in [5.74, 6) is 1.06. The molecule has 5 rings (SSSR count). The highest BCUT2D eigenvalue weighted by atomic mass is 35.5. The molecule has 2 atom stereocenters. The van der Waals surface area contributed by atoms with Gasteiger partial charge in [-0.25, -0.2) is 13.1 Å². The SMILES string of the molecule is C=C1CCCCCS(=O)(=O)NC(=O)c2ccc3c(c2)N(CCCCc2cc(Cl)ccc2CO3)C[C@@H]2CC[C@@H]12. The molecule has 6 nitrogen and oxygen atoms in total. The van der Waals surface area contributed by atoms with Crippen molar-refractivity contribution in [2.75, 3.05) is 23.7 Å². The second-order valence-corrected chi connectivity index (χ2v) is 13.2. The van der Waals surface area contributed by atoms with E-state index in [0.717, 1.165) is 74.3 Å². The topological polar surface area (TPSA) is 75.7 Å². The Kier molecular flexibility index (Phi) is 8.34. The van der Waals surface area contributed by atoms with Crippen LogP contribution in [-0.2, 0) is 23.1 Å².